The maximum Gasteiger partial charge on any atom is 0.553 e. The van der Waals surface area contributed by atoms with Gasteiger partial charge >= 0.3 is 5.91 Å². The quantitative estimate of drug-likeness (QED) is 0.241. The van der Waals surface area contributed by atoms with Crippen LogP contribution in [0.15, 0.2) is 114 Å². The monoisotopic (exact) mass is 584 g/mol. The third kappa shape index (κ3) is 2.85. The second-order valence-corrected chi connectivity index (χ2v) is 13.3. The SMILES string of the molecule is CCCc1cccc(C2=C3C=CC4=[N+]3C35n6c2ccc6C(C)=c2ccc(n23)=C(c2cccc(CCC)c2)C2=[N+]5C(=C4C)C=C2)c1. The molecule has 0 aliphatic carbocycles. The molecule has 0 saturated carbocycles. The maximum absolute atomic E-state index is 2.65. The lowest BCUT2D eigenvalue weighted by atomic mass is 9.93. The van der Waals surface area contributed by atoms with E-state index in [2.05, 4.69) is 143 Å². The van der Waals surface area contributed by atoms with Gasteiger partial charge in [0.25, 0.3) is 0 Å². The van der Waals surface area contributed by atoms with Crippen molar-refractivity contribution >= 4 is 28.1 Å². The molecule has 4 nitrogen and oxygen atoms in total. The van der Waals surface area contributed by atoms with Gasteiger partial charge in [0.05, 0.1) is 38.8 Å². The van der Waals surface area contributed by atoms with E-state index in [-0.39, 0.29) is 0 Å². The molecule has 218 valence electrons. The molecule has 4 aromatic rings. The van der Waals surface area contributed by atoms with E-state index in [1.54, 1.807) is 0 Å². The Labute approximate surface area is 263 Å². The largest absolute Gasteiger partial charge is 0.553 e. The predicted molar refractivity (Wildman–Crippen MR) is 181 cm³/mol. The lowest BCUT2D eigenvalue weighted by molar-refractivity contribution is -0.837. The summed E-state index contributed by atoms with van der Waals surface area (Å²) in [4.78, 5) is 0. The van der Waals surface area contributed by atoms with Crippen LogP contribution in [0.1, 0.15) is 74.2 Å². The molecular formula is C41H36N4+2. The minimum Gasteiger partial charge on any atom is -0.198 e. The van der Waals surface area contributed by atoms with Crippen molar-refractivity contribution in [2.24, 2.45) is 0 Å². The van der Waals surface area contributed by atoms with E-state index in [9.17, 15) is 0 Å². The van der Waals surface area contributed by atoms with Crippen LogP contribution in [0.3, 0.4) is 0 Å². The fraction of sp³-hybridized carbons (Fsp3) is 0.220. The van der Waals surface area contributed by atoms with Gasteiger partial charge in [-0.1, -0.05) is 84.4 Å². The number of aryl methyl sites for hydroxylation is 2. The van der Waals surface area contributed by atoms with Gasteiger partial charge in [-0.3, -0.25) is 0 Å². The van der Waals surface area contributed by atoms with Crippen LogP contribution in [0.5, 0.6) is 0 Å². The summed E-state index contributed by atoms with van der Waals surface area (Å²) < 4.78 is 10.6. The zero-order valence-corrected chi connectivity index (χ0v) is 26.4. The van der Waals surface area contributed by atoms with E-state index in [0.29, 0.717) is 0 Å². The van der Waals surface area contributed by atoms with Gasteiger partial charge in [0.15, 0.2) is 0 Å². The fourth-order valence-corrected chi connectivity index (χ4v) is 9.05. The highest BCUT2D eigenvalue weighted by atomic mass is 15.6. The minimum atomic E-state index is -0.626. The zero-order valence-electron chi connectivity index (χ0n) is 26.4. The highest BCUT2D eigenvalue weighted by molar-refractivity contribution is 6.28. The molecule has 1 atom stereocenters. The Morgan fingerprint density at radius 3 is 1.93 bits per heavy atom. The van der Waals surface area contributed by atoms with Crippen LogP contribution in [0, 0.1) is 0 Å². The van der Waals surface area contributed by atoms with Crippen molar-refractivity contribution in [1.29, 1.82) is 0 Å². The van der Waals surface area contributed by atoms with Crippen molar-refractivity contribution in [3.8, 4) is 0 Å². The highest BCUT2D eigenvalue weighted by Gasteiger charge is 2.72. The van der Waals surface area contributed by atoms with Crippen LogP contribution in [-0.2, 0) is 18.8 Å². The number of rotatable bonds is 6. The van der Waals surface area contributed by atoms with Gasteiger partial charge in [-0.05, 0) is 78.8 Å². The molecule has 0 saturated heterocycles. The number of allylic oxidation sites excluding steroid dienone is 5. The molecule has 1 spiro atoms. The van der Waals surface area contributed by atoms with Gasteiger partial charge in [-0.15, -0.1) is 0 Å². The van der Waals surface area contributed by atoms with Gasteiger partial charge in [0.2, 0.25) is 22.8 Å². The molecule has 2 aromatic carbocycles. The fourth-order valence-electron chi connectivity index (χ4n) is 9.05. The molecule has 0 radical (unpaired) electrons. The van der Waals surface area contributed by atoms with Crippen LogP contribution >= 0.6 is 0 Å². The topological polar surface area (TPSA) is 15.9 Å². The van der Waals surface area contributed by atoms with Crippen LogP contribution in [0.2, 0.25) is 0 Å². The Kier molecular flexibility index (Phi) is 4.85. The van der Waals surface area contributed by atoms with Gasteiger partial charge < -0.3 is 0 Å². The van der Waals surface area contributed by atoms with E-state index in [4.69, 9.17) is 0 Å². The van der Waals surface area contributed by atoms with Crippen molar-refractivity contribution < 1.29 is 9.15 Å². The Morgan fingerprint density at radius 1 is 0.578 bits per heavy atom. The van der Waals surface area contributed by atoms with Crippen LogP contribution in [0.25, 0.3) is 16.7 Å². The molecule has 0 bridgehead atoms. The Hall–Kier alpha value is -4.96. The predicted octanol–water partition coefficient (Wildman–Crippen LogP) is 6.16. The van der Waals surface area contributed by atoms with E-state index in [1.807, 2.05) is 0 Å². The molecule has 4 heteroatoms. The standard InChI is InChI=1S/C41H36N4/c1-5-9-27-11-7-13-29(23-27)39-35-19-15-31-25(3)33-17-21-37-40(30-14-8-12-28(24-30)10-6-2)38-22-18-34-26(4)32-16-20-36(39)43(32)41(42(31)35,44(33)37)45(34)38/h7-8,11-24H,5-6,9-10H2,1-4H3/q+2. The first-order valence-electron chi connectivity index (χ1n) is 16.6. The lowest BCUT2D eigenvalue weighted by Gasteiger charge is -2.40. The molecule has 1 unspecified atom stereocenters. The summed E-state index contributed by atoms with van der Waals surface area (Å²) in [7, 11) is 0. The third-order valence-electron chi connectivity index (χ3n) is 10.8. The van der Waals surface area contributed by atoms with E-state index >= 15 is 0 Å². The first kappa shape index (κ1) is 25.4. The molecular weight excluding hydrogens is 548 g/mol. The molecule has 8 heterocycles. The molecule has 0 amide bonds. The smallest absolute Gasteiger partial charge is 0.198 e. The minimum absolute atomic E-state index is 0.626. The maximum atomic E-state index is 2.65. The Balaban J connectivity index is 1.38. The zero-order chi connectivity index (χ0) is 30.2. The second-order valence-electron chi connectivity index (χ2n) is 13.3. The van der Waals surface area contributed by atoms with Gasteiger partial charge in [0, 0.05) is 24.3 Å². The molecule has 45 heavy (non-hydrogen) atoms. The first-order chi connectivity index (χ1) is 22.1. The normalized spacial score (nSPS) is 21.2. The van der Waals surface area contributed by atoms with Crippen LogP contribution in [0.4, 0.5) is 0 Å². The number of hydrogen-bond donors (Lipinski definition) is 0. The highest BCUT2D eigenvalue weighted by Crippen LogP contribution is 2.50. The third-order valence-corrected chi connectivity index (χ3v) is 10.8. The number of nitrogens with zero attached hydrogens (tertiary/aromatic N) is 4. The second kappa shape index (κ2) is 8.60. The first-order valence-corrected chi connectivity index (χ1v) is 16.6. The van der Waals surface area contributed by atoms with Crippen LogP contribution < -0.4 is 10.7 Å². The summed E-state index contributed by atoms with van der Waals surface area (Å²) in [5.41, 5.74) is 18.3. The Morgan fingerprint density at radius 2 is 1.20 bits per heavy atom. The molecule has 10 rings (SSSR count). The van der Waals surface area contributed by atoms with E-state index in [0.717, 1.165) is 25.7 Å². The Bertz CT molecular complexity index is 2410. The summed E-state index contributed by atoms with van der Waals surface area (Å²) in [6.45, 7) is 9.14. The van der Waals surface area contributed by atoms with Crippen molar-refractivity contribution in [1.82, 2.24) is 9.13 Å². The average Bonchev–Trinajstić information content (AvgIpc) is 3.86. The van der Waals surface area contributed by atoms with Crippen molar-refractivity contribution in [2.75, 3.05) is 0 Å². The van der Waals surface area contributed by atoms with E-state index in [1.165, 1.54) is 89.4 Å². The summed E-state index contributed by atoms with van der Waals surface area (Å²) in [5, 5.41) is 2.56. The van der Waals surface area contributed by atoms with Gasteiger partial charge in [0.1, 0.15) is 0 Å². The summed E-state index contributed by atoms with van der Waals surface area (Å²) >= 11 is 0. The molecule has 0 N–H and O–H groups in total. The molecule has 6 aliphatic rings. The number of hydrogen-bond acceptors (Lipinski definition) is 0. The average molecular weight is 585 g/mol. The lowest BCUT2D eigenvalue weighted by Crippen LogP contribution is -2.71. The summed E-state index contributed by atoms with van der Waals surface area (Å²) in [5.74, 6) is -0.626. The molecule has 0 fully saturated rings. The van der Waals surface area contributed by atoms with Crippen molar-refractivity contribution in [3.63, 3.8) is 0 Å². The molecule has 6 aliphatic heterocycles. The van der Waals surface area contributed by atoms with Crippen molar-refractivity contribution in [3.05, 3.63) is 158 Å². The number of benzene rings is 2. The van der Waals surface area contributed by atoms with Gasteiger partial charge in [-0.2, -0.15) is 9.13 Å². The summed E-state index contributed by atoms with van der Waals surface area (Å²) in [6, 6.07) is 28.0. The molecule has 2 aromatic heterocycles. The number of aromatic nitrogens is 2. The summed E-state index contributed by atoms with van der Waals surface area (Å²) in [6.07, 6.45) is 13.9. The van der Waals surface area contributed by atoms with Crippen molar-refractivity contribution in [2.45, 2.75) is 59.3 Å². The van der Waals surface area contributed by atoms with Crippen LogP contribution in [-0.4, -0.2) is 29.7 Å². The van der Waals surface area contributed by atoms with Gasteiger partial charge in [-0.25, -0.2) is 0 Å². The van der Waals surface area contributed by atoms with E-state index < -0.39 is 5.91 Å².